The first-order valence-electron chi connectivity index (χ1n) is 8.92. The third kappa shape index (κ3) is 5.79. The van der Waals surface area contributed by atoms with Gasteiger partial charge in [0.1, 0.15) is 6.04 Å². The minimum Gasteiger partial charge on any atom is -0.354 e. The van der Waals surface area contributed by atoms with Gasteiger partial charge in [-0.1, -0.05) is 66.7 Å². The Labute approximate surface area is 163 Å². The molecule has 1 aromatic heterocycles. The lowest BCUT2D eigenvalue weighted by Gasteiger charge is -2.18. The van der Waals surface area contributed by atoms with Crippen LogP contribution in [0, 0.1) is 0 Å². The highest BCUT2D eigenvalue weighted by Crippen LogP contribution is 2.10. The molecule has 2 N–H and O–H groups in total. The van der Waals surface area contributed by atoms with Crippen molar-refractivity contribution in [1.29, 1.82) is 0 Å². The molecule has 3 rings (SSSR count). The summed E-state index contributed by atoms with van der Waals surface area (Å²) in [5.41, 5.74) is 2.17. The zero-order chi connectivity index (χ0) is 18.9. The van der Waals surface area contributed by atoms with Crippen molar-refractivity contribution in [2.75, 3.05) is 6.54 Å². The fraction of sp³-hybridized carbons (Fsp3) is 0.182. The first-order valence-corrected chi connectivity index (χ1v) is 9.80. The summed E-state index contributed by atoms with van der Waals surface area (Å²) in [7, 11) is 0. The van der Waals surface area contributed by atoms with Crippen LogP contribution in [-0.4, -0.2) is 24.4 Å². The lowest BCUT2D eigenvalue weighted by molar-refractivity contribution is -0.122. The third-order valence-electron chi connectivity index (χ3n) is 4.21. The lowest BCUT2D eigenvalue weighted by Crippen LogP contribution is -2.48. The van der Waals surface area contributed by atoms with Gasteiger partial charge in [-0.25, -0.2) is 0 Å². The zero-order valence-electron chi connectivity index (χ0n) is 14.9. The smallest absolute Gasteiger partial charge is 0.262 e. The zero-order valence-corrected chi connectivity index (χ0v) is 15.7. The lowest BCUT2D eigenvalue weighted by atomic mass is 10.0. The van der Waals surface area contributed by atoms with Crippen LogP contribution in [0.1, 0.15) is 20.8 Å². The molecule has 0 aliphatic rings. The van der Waals surface area contributed by atoms with E-state index in [1.165, 1.54) is 16.9 Å². The predicted molar refractivity (Wildman–Crippen MR) is 109 cm³/mol. The van der Waals surface area contributed by atoms with E-state index in [1.807, 2.05) is 72.1 Å². The summed E-state index contributed by atoms with van der Waals surface area (Å²) < 4.78 is 0. The minimum absolute atomic E-state index is 0.167. The molecule has 0 aliphatic heterocycles. The van der Waals surface area contributed by atoms with Gasteiger partial charge in [-0.2, -0.15) is 0 Å². The summed E-state index contributed by atoms with van der Waals surface area (Å²) in [5.74, 6) is -0.385. The molecule has 27 heavy (non-hydrogen) atoms. The number of rotatable bonds is 8. The topological polar surface area (TPSA) is 58.2 Å². The molecule has 0 aliphatic carbocycles. The van der Waals surface area contributed by atoms with Crippen LogP contribution in [0.2, 0.25) is 0 Å². The summed E-state index contributed by atoms with van der Waals surface area (Å²) in [6, 6.07) is 22.7. The van der Waals surface area contributed by atoms with Crippen LogP contribution in [-0.2, 0) is 17.6 Å². The van der Waals surface area contributed by atoms with E-state index >= 15 is 0 Å². The van der Waals surface area contributed by atoms with Crippen LogP contribution in [0.25, 0.3) is 0 Å². The van der Waals surface area contributed by atoms with Gasteiger partial charge in [-0.05, 0) is 29.0 Å². The Balaban J connectivity index is 1.62. The average Bonchev–Trinajstić information content (AvgIpc) is 3.24. The molecule has 1 atom stereocenters. The van der Waals surface area contributed by atoms with Crippen LogP contribution in [0.4, 0.5) is 0 Å². The van der Waals surface area contributed by atoms with Crippen molar-refractivity contribution in [3.63, 3.8) is 0 Å². The molecule has 2 aromatic carbocycles. The molecule has 2 amide bonds. The Kier molecular flexibility index (Phi) is 6.77. The Morgan fingerprint density at radius 3 is 2.15 bits per heavy atom. The normalized spacial score (nSPS) is 11.6. The van der Waals surface area contributed by atoms with Gasteiger partial charge in [0.15, 0.2) is 0 Å². The molecule has 0 bridgehead atoms. The average molecular weight is 378 g/mol. The van der Waals surface area contributed by atoms with Gasteiger partial charge in [-0.15, -0.1) is 11.3 Å². The molecule has 0 unspecified atom stereocenters. The molecular weight excluding hydrogens is 356 g/mol. The van der Waals surface area contributed by atoms with E-state index in [9.17, 15) is 9.59 Å². The Morgan fingerprint density at radius 2 is 1.52 bits per heavy atom. The molecule has 4 nitrogen and oxygen atoms in total. The summed E-state index contributed by atoms with van der Waals surface area (Å²) >= 11 is 1.36. The van der Waals surface area contributed by atoms with Gasteiger partial charge in [0, 0.05) is 13.0 Å². The van der Waals surface area contributed by atoms with Crippen LogP contribution in [0.3, 0.4) is 0 Å². The summed E-state index contributed by atoms with van der Waals surface area (Å²) in [6.07, 6.45) is 1.21. The van der Waals surface area contributed by atoms with Crippen LogP contribution in [0.5, 0.6) is 0 Å². The number of hydrogen-bond donors (Lipinski definition) is 2. The maximum atomic E-state index is 12.7. The van der Waals surface area contributed by atoms with Crippen molar-refractivity contribution in [3.8, 4) is 0 Å². The number of amides is 2. The van der Waals surface area contributed by atoms with Crippen molar-refractivity contribution in [2.45, 2.75) is 18.9 Å². The number of carbonyl (C=O) groups is 2. The van der Waals surface area contributed by atoms with Gasteiger partial charge >= 0.3 is 0 Å². The van der Waals surface area contributed by atoms with Crippen LogP contribution < -0.4 is 10.6 Å². The summed E-state index contributed by atoms with van der Waals surface area (Å²) in [4.78, 5) is 25.7. The maximum absolute atomic E-state index is 12.7. The van der Waals surface area contributed by atoms with E-state index in [2.05, 4.69) is 10.6 Å². The minimum atomic E-state index is -0.613. The fourth-order valence-corrected chi connectivity index (χ4v) is 3.42. The van der Waals surface area contributed by atoms with Gasteiger partial charge in [0.25, 0.3) is 5.91 Å². The second-order valence-corrected chi connectivity index (χ2v) is 7.17. The highest BCUT2D eigenvalue weighted by Gasteiger charge is 2.22. The highest BCUT2D eigenvalue weighted by molar-refractivity contribution is 7.12. The van der Waals surface area contributed by atoms with Crippen LogP contribution in [0.15, 0.2) is 78.2 Å². The standard InChI is InChI=1S/C22H22N2O2S/c25-21(23-14-13-17-8-3-1-4-9-17)19(16-18-10-5-2-6-11-18)24-22(26)20-12-7-15-27-20/h1-12,15,19H,13-14,16H2,(H,23,25)(H,24,26)/t19-/m0/s1. The molecule has 1 heterocycles. The molecule has 138 valence electrons. The number of benzene rings is 2. The summed E-state index contributed by atoms with van der Waals surface area (Å²) in [6.45, 7) is 0.531. The van der Waals surface area contributed by atoms with E-state index in [4.69, 9.17) is 0 Å². The Bertz CT molecular complexity index is 849. The number of hydrogen-bond acceptors (Lipinski definition) is 3. The van der Waals surface area contributed by atoms with Gasteiger partial charge in [0.2, 0.25) is 5.91 Å². The van der Waals surface area contributed by atoms with E-state index in [0.29, 0.717) is 17.8 Å². The maximum Gasteiger partial charge on any atom is 0.262 e. The van der Waals surface area contributed by atoms with Crippen molar-refractivity contribution in [2.24, 2.45) is 0 Å². The third-order valence-corrected chi connectivity index (χ3v) is 5.07. The van der Waals surface area contributed by atoms with Gasteiger partial charge < -0.3 is 10.6 Å². The molecule has 0 saturated heterocycles. The molecule has 0 spiro atoms. The van der Waals surface area contributed by atoms with Gasteiger partial charge in [-0.3, -0.25) is 9.59 Å². The largest absolute Gasteiger partial charge is 0.354 e. The Hall–Kier alpha value is -2.92. The quantitative estimate of drug-likeness (QED) is 0.631. The van der Waals surface area contributed by atoms with Crippen molar-refractivity contribution >= 4 is 23.2 Å². The Morgan fingerprint density at radius 1 is 0.852 bits per heavy atom. The van der Waals surface area contributed by atoms with Crippen molar-refractivity contribution < 1.29 is 9.59 Å². The first kappa shape index (κ1) is 18.9. The predicted octanol–water partition coefficient (Wildman–Crippen LogP) is 3.45. The molecule has 0 saturated carbocycles. The monoisotopic (exact) mass is 378 g/mol. The number of thiophene rings is 1. The first-order chi connectivity index (χ1) is 13.2. The highest BCUT2D eigenvalue weighted by atomic mass is 32.1. The van der Waals surface area contributed by atoms with E-state index in [1.54, 1.807) is 6.07 Å². The van der Waals surface area contributed by atoms with Crippen molar-refractivity contribution in [1.82, 2.24) is 10.6 Å². The fourth-order valence-electron chi connectivity index (χ4n) is 2.79. The molecule has 0 radical (unpaired) electrons. The molecule has 5 heteroatoms. The second-order valence-electron chi connectivity index (χ2n) is 6.22. The van der Waals surface area contributed by atoms with Gasteiger partial charge in [0.05, 0.1) is 4.88 Å². The summed E-state index contributed by atoms with van der Waals surface area (Å²) in [5, 5.41) is 7.68. The molecule has 3 aromatic rings. The van der Waals surface area contributed by atoms with Crippen LogP contribution >= 0.6 is 11.3 Å². The van der Waals surface area contributed by atoms with E-state index in [0.717, 1.165) is 12.0 Å². The second kappa shape index (κ2) is 9.69. The number of nitrogens with one attached hydrogen (secondary N) is 2. The van der Waals surface area contributed by atoms with E-state index < -0.39 is 6.04 Å². The SMILES string of the molecule is O=C(N[C@@H](Cc1ccccc1)C(=O)NCCc1ccccc1)c1cccs1. The van der Waals surface area contributed by atoms with Crippen molar-refractivity contribution in [3.05, 3.63) is 94.2 Å². The number of carbonyl (C=O) groups excluding carboxylic acids is 2. The van der Waals surface area contributed by atoms with E-state index in [-0.39, 0.29) is 11.8 Å². The molecule has 0 fully saturated rings. The molecular formula is C22H22N2O2S.